The summed E-state index contributed by atoms with van der Waals surface area (Å²) in [6.07, 6.45) is 1.34. The Morgan fingerprint density at radius 2 is 1.95 bits per heavy atom. The zero-order valence-corrected chi connectivity index (χ0v) is 10.4. The van der Waals surface area contributed by atoms with Gasteiger partial charge < -0.3 is 14.4 Å². The van der Waals surface area contributed by atoms with Gasteiger partial charge in [0.05, 0.1) is 13.2 Å². The topological polar surface area (TPSA) is 84.5 Å². The van der Waals surface area contributed by atoms with E-state index in [1.165, 1.54) is 12.1 Å². The average Bonchev–Trinajstić information content (AvgIpc) is 2.88. The lowest BCUT2D eigenvalue weighted by Gasteiger charge is -2.37. The van der Waals surface area contributed by atoms with Gasteiger partial charge in [-0.05, 0) is 6.07 Å². The molecule has 1 spiro atoms. The van der Waals surface area contributed by atoms with Gasteiger partial charge in [0, 0.05) is 32.0 Å². The number of aromatic amines is 1. The highest BCUT2D eigenvalue weighted by atomic mass is 16.7. The van der Waals surface area contributed by atoms with Crippen molar-refractivity contribution in [3.8, 4) is 0 Å². The van der Waals surface area contributed by atoms with Crippen LogP contribution in [0.1, 0.15) is 23.3 Å². The highest BCUT2D eigenvalue weighted by Gasteiger charge is 2.40. The van der Waals surface area contributed by atoms with Crippen molar-refractivity contribution in [2.45, 2.75) is 18.6 Å². The molecule has 0 saturated carbocycles. The molecule has 2 fully saturated rings. The van der Waals surface area contributed by atoms with E-state index in [2.05, 4.69) is 10.2 Å². The molecule has 0 bridgehead atoms. The van der Waals surface area contributed by atoms with E-state index in [0.717, 1.165) is 0 Å². The van der Waals surface area contributed by atoms with Gasteiger partial charge in [0.1, 0.15) is 5.69 Å². The van der Waals surface area contributed by atoms with E-state index in [1.807, 2.05) is 0 Å². The summed E-state index contributed by atoms with van der Waals surface area (Å²) < 4.78 is 11.2. The second-order valence-corrected chi connectivity index (χ2v) is 4.71. The number of carbonyl (C=O) groups excluding carboxylic acids is 1. The maximum absolute atomic E-state index is 12.2. The highest BCUT2D eigenvalue weighted by Crippen LogP contribution is 2.31. The average molecular weight is 265 g/mol. The molecule has 1 N–H and O–H groups in total. The van der Waals surface area contributed by atoms with Crippen molar-refractivity contribution in [3.05, 3.63) is 28.2 Å². The monoisotopic (exact) mass is 265 g/mol. The molecule has 0 radical (unpaired) electrons. The second-order valence-electron chi connectivity index (χ2n) is 4.71. The lowest BCUT2D eigenvalue weighted by molar-refractivity contribution is -0.181. The zero-order valence-electron chi connectivity index (χ0n) is 10.4. The van der Waals surface area contributed by atoms with Crippen LogP contribution >= 0.6 is 0 Å². The predicted molar refractivity (Wildman–Crippen MR) is 64.6 cm³/mol. The summed E-state index contributed by atoms with van der Waals surface area (Å²) in [6.45, 7) is 2.38. The molecule has 2 aliphatic rings. The molecule has 7 heteroatoms. The van der Waals surface area contributed by atoms with Crippen LogP contribution in [0.2, 0.25) is 0 Å². The number of carbonyl (C=O) groups is 1. The first-order chi connectivity index (χ1) is 9.19. The molecule has 7 nitrogen and oxygen atoms in total. The van der Waals surface area contributed by atoms with E-state index in [9.17, 15) is 9.59 Å². The van der Waals surface area contributed by atoms with Crippen LogP contribution < -0.4 is 5.56 Å². The van der Waals surface area contributed by atoms with Gasteiger partial charge in [-0.1, -0.05) is 0 Å². The molecule has 1 aromatic rings. The Labute approximate surface area is 109 Å². The molecule has 3 heterocycles. The van der Waals surface area contributed by atoms with Gasteiger partial charge in [-0.25, -0.2) is 5.10 Å². The van der Waals surface area contributed by atoms with E-state index in [-0.39, 0.29) is 17.2 Å². The van der Waals surface area contributed by atoms with E-state index < -0.39 is 5.79 Å². The lowest BCUT2D eigenvalue weighted by Crippen LogP contribution is -2.47. The molecule has 0 atom stereocenters. The van der Waals surface area contributed by atoms with Gasteiger partial charge in [-0.2, -0.15) is 5.10 Å². The van der Waals surface area contributed by atoms with Crippen molar-refractivity contribution in [1.82, 2.24) is 15.1 Å². The van der Waals surface area contributed by atoms with Gasteiger partial charge in [-0.3, -0.25) is 9.59 Å². The fourth-order valence-corrected chi connectivity index (χ4v) is 2.46. The lowest BCUT2D eigenvalue weighted by atomic mass is 10.0. The van der Waals surface area contributed by atoms with Crippen molar-refractivity contribution >= 4 is 5.91 Å². The SMILES string of the molecule is O=C(c1ccc(=O)[nH]n1)N1CCC2(CC1)OCCO2. The molecule has 3 rings (SSSR count). The van der Waals surface area contributed by atoms with Crippen LogP contribution in [0, 0.1) is 0 Å². The normalized spacial score (nSPS) is 21.8. The van der Waals surface area contributed by atoms with Crippen LogP contribution in [-0.4, -0.2) is 53.1 Å². The molecular formula is C12H15N3O4. The summed E-state index contributed by atoms with van der Waals surface area (Å²) in [5.74, 6) is -0.668. The highest BCUT2D eigenvalue weighted by molar-refractivity contribution is 5.92. The third-order valence-corrected chi connectivity index (χ3v) is 3.52. The van der Waals surface area contributed by atoms with Gasteiger partial charge in [-0.15, -0.1) is 0 Å². The Morgan fingerprint density at radius 3 is 2.53 bits per heavy atom. The first-order valence-corrected chi connectivity index (χ1v) is 6.31. The van der Waals surface area contributed by atoms with Crippen molar-refractivity contribution < 1.29 is 14.3 Å². The Bertz CT molecular complexity index is 506. The molecule has 1 amide bonds. The quantitative estimate of drug-likeness (QED) is 0.757. The molecule has 2 saturated heterocycles. The Hall–Kier alpha value is -1.73. The molecule has 0 aliphatic carbocycles. The summed E-state index contributed by atoms with van der Waals surface area (Å²) in [4.78, 5) is 24.8. The van der Waals surface area contributed by atoms with Crippen molar-refractivity contribution in [3.63, 3.8) is 0 Å². The third-order valence-electron chi connectivity index (χ3n) is 3.52. The molecule has 1 aromatic heterocycles. The van der Waals surface area contributed by atoms with Gasteiger partial charge in [0.2, 0.25) is 0 Å². The minimum Gasteiger partial charge on any atom is -0.347 e. The van der Waals surface area contributed by atoms with Crippen LogP contribution in [0.5, 0.6) is 0 Å². The summed E-state index contributed by atoms with van der Waals surface area (Å²) in [5, 5.41) is 6.02. The maximum Gasteiger partial charge on any atom is 0.274 e. The zero-order chi connectivity index (χ0) is 13.3. The number of hydrogen-bond donors (Lipinski definition) is 1. The fourth-order valence-electron chi connectivity index (χ4n) is 2.46. The minimum absolute atomic E-state index is 0.177. The Kier molecular flexibility index (Phi) is 3.08. The van der Waals surface area contributed by atoms with E-state index >= 15 is 0 Å². The number of nitrogens with zero attached hydrogens (tertiary/aromatic N) is 2. The third kappa shape index (κ3) is 2.39. The van der Waals surface area contributed by atoms with E-state index in [0.29, 0.717) is 39.1 Å². The molecule has 102 valence electrons. The van der Waals surface area contributed by atoms with Gasteiger partial charge in [0.25, 0.3) is 11.5 Å². The number of aromatic nitrogens is 2. The molecule has 0 unspecified atom stereocenters. The Balaban J connectivity index is 1.66. The molecular weight excluding hydrogens is 250 g/mol. The number of piperidine rings is 1. The minimum atomic E-state index is -0.491. The molecule has 0 aromatic carbocycles. The summed E-state index contributed by atoms with van der Waals surface area (Å²) >= 11 is 0. The van der Waals surface area contributed by atoms with Crippen LogP contribution in [0.3, 0.4) is 0 Å². The number of H-pyrrole nitrogens is 1. The van der Waals surface area contributed by atoms with Crippen molar-refractivity contribution in [1.29, 1.82) is 0 Å². The largest absolute Gasteiger partial charge is 0.347 e. The first kappa shape index (κ1) is 12.3. The number of nitrogens with one attached hydrogen (secondary N) is 1. The number of ether oxygens (including phenoxy) is 2. The smallest absolute Gasteiger partial charge is 0.274 e. The van der Waals surface area contributed by atoms with Gasteiger partial charge >= 0.3 is 0 Å². The molecule has 2 aliphatic heterocycles. The standard InChI is InChI=1S/C12H15N3O4/c16-10-2-1-9(13-14-10)11(17)15-5-3-12(4-6-15)18-7-8-19-12/h1-2H,3-8H2,(H,14,16). The van der Waals surface area contributed by atoms with Crippen LogP contribution in [0.25, 0.3) is 0 Å². The van der Waals surface area contributed by atoms with Gasteiger partial charge in [0.15, 0.2) is 5.79 Å². The van der Waals surface area contributed by atoms with Crippen molar-refractivity contribution in [2.24, 2.45) is 0 Å². The number of rotatable bonds is 1. The summed E-state index contributed by atoms with van der Waals surface area (Å²) in [5.41, 5.74) is -0.0642. The number of amides is 1. The second kappa shape index (κ2) is 4.75. The molecule has 19 heavy (non-hydrogen) atoms. The fraction of sp³-hybridized carbons (Fsp3) is 0.583. The summed E-state index contributed by atoms with van der Waals surface area (Å²) in [6, 6.07) is 2.74. The summed E-state index contributed by atoms with van der Waals surface area (Å²) in [7, 11) is 0. The van der Waals surface area contributed by atoms with E-state index in [4.69, 9.17) is 9.47 Å². The maximum atomic E-state index is 12.2. The van der Waals surface area contributed by atoms with Crippen LogP contribution in [0.15, 0.2) is 16.9 Å². The number of hydrogen-bond acceptors (Lipinski definition) is 5. The Morgan fingerprint density at radius 1 is 1.26 bits per heavy atom. The number of likely N-dealkylation sites (tertiary alicyclic amines) is 1. The predicted octanol–water partition coefficient (Wildman–Crippen LogP) is -0.251. The first-order valence-electron chi connectivity index (χ1n) is 6.31. The van der Waals surface area contributed by atoms with Crippen LogP contribution in [0.4, 0.5) is 0 Å². The van der Waals surface area contributed by atoms with E-state index in [1.54, 1.807) is 4.90 Å². The van der Waals surface area contributed by atoms with Crippen molar-refractivity contribution in [2.75, 3.05) is 26.3 Å². The van der Waals surface area contributed by atoms with Crippen LogP contribution in [-0.2, 0) is 9.47 Å².